The van der Waals surface area contributed by atoms with Gasteiger partial charge in [-0.1, -0.05) is 62.2 Å². The van der Waals surface area contributed by atoms with Crippen LogP contribution in [0.1, 0.15) is 36.5 Å². The van der Waals surface area contributed by atoms with Crippen molar-refractivity contribution in [1.82, 2.24) is 4.98 Å². The Morgan fingerprint density at radius 1 is 0.929 bits per heavy atom. The first-order chi connectivity index (χ1) is 12.2. The molecule has 0 saturated heterocycles. The normalized spacial score (nSPS) is 15.0. The summed E-state index contributed by atoms with van der Waals surface area (Å²) in [5.74, 6) is 0.173. The molecule has 3 aromatic rings. The van der Waals surface area contributed by atoms with Crippen LogP contribution in [0.15, 0.2) is 60.8 Å². The zero-order valence-corrected chi connectivity index (χ0v) is 21.1. The van der Waals surface area contributed by atoms with Gasteiger partial charge >= 0.3 is 17.4 Å². The minimum absolute atomic E-state index is 0. The van der Waals surface area contributed by atoms with Gasteiger partial charge < -0.3 is 24.8 Å². The van der Waals surface area contributed by atoms with Gasteiger partial charge in [0.05, 0.1) is 5.52 Å². The molecule has 0 amide bonds. The van der Waals surface area contributed by atoms with E-state index in [1.165, 1.54) is 39.4 Å². The van der Waals surface area contributed by atoms with Gasteiger partial charge in [0.15, 0.2) is 0 Å². The number of hydrogen-bond donors (Lipinski definition) is 0. The first-order valence-electron chi connectivity index (χ1n) is 8.93. The summed E-state index contributed by atoms with van der Waals surface area (Å²) in [4.78, 5) is 4.68. The zero-order valence-electron chi connectivity index (χ0n) is 15.8. The van der Waals surface area contributed by atoms with Crippen molar-refractivity contribution in [3.63, 3.8) is 0 Å². The van der Waals surface area contributed by atoms with Crippen LogP contribution in [0.2, 0.25) is 12.1 Å². The summed E-state index contributed by atoms with van der Waals surface area (Å²) in [7, 11) is 0. The largest absolute Gasteiger partial charge is 3.00 e. The summed E-state index contributed by atoms with van der Waals surface area (Å²) in [5.41, 5.74) is 5.10. The minimum atomic E-state index is -1.66. The number of aromatic nitrogens is 1. The van der Waals surface area contributed by atoms with Crippen LogP contribution in [0.5, 0.6) is 0 Å². The third-order valence-electron chi connectivity index (χ3n) is 5.37. The third kappa shape index (κ3) is 4.29. The van der Waals surface area contributed by atoms with Crippen molar-refractivity contribution >= 4 is 38.1 Å². The van der Waals surface area contributed by atoms with Crippen molar-refractivity contribution in [2.45, 2.75) is 31.9 Å². The molecule has 1 heterocycles. The molecule has 0 fully saturated rings. The van der Waals surface area contributed by atoms with Crippen LogP contribution >= 0.6 is 15.3 Å². The van der Waals surface area contributed by atoms with Crippen molar-refractivity contribution in [3.8, 4) is 0 Å². The van der Waals surface area contributed by atoms with Gasteiger partial charge in [-0.2, -0.15) is 5.56 Å². The van der Waals surface area contributed by atoms with Crippen LogP contribution in [0.25, 0.3) is 16.1 Å². The Morgan fingerprint density at radius 2 is 1.57 bits per heavy atom. The van der Waals surface area contributed by atoms with Crippen LogP contribution < -0.4 is 24.8 Å². The molecule has 1 nitrogen and oxygen atoms in total. The molecule has 0 bridgehead atoms. The van der Waals surface area contributed by atoms with E-state index < -0.39 is 6.69 Å². The average Bonchev–Trinajstić information content (AvgIpc) is 3.07. The first kappa shape index (κ1) is 25.4. The van der Waals surface area contributed by atoms with Gasteiger partial charge in [0, 0.05) is 11.6 Å². The number of hydrogen-bond acceptors (Lipinski definition) is 1. The second kappa shape index (κ2) is 10.4. The maximum absolute atomic E-state index is 4.68. The van der Waals surface area contributed by atoms with Crippen LogP contribution in [-0.2, 0) is 17.4 Å². The number of allylic oxidation sites excluding steroid dienone is 1. The summed E-state index contributed by atoms with van der Waals surface area (Å²) in [6.07, 6.45) is 5.79. The molecule has 6 heteroatoms. The molecule has 145 valence electrons. The van der Waals surface area contributed by atoms with E-state index in [0.717, 1.165) is 5.52 Å². The molecule has 0 aliphatic heterocycles. The Hall–Kier alpha value is -0.601. The van der Waals surface area contributed by atoms with Crippen molar-refractivity contribution in [3.05, 3.63) is 83.6 Å². The van der Waals surface area contributed by atoms with Gasteiger partial charge in [0.25, 0.3) is 0 Å². The molecular weight excluding hydrogens is 509 g/mol. The van der Waals surface area contributed by atoms with E-state index in [-0.39, 0.29) is 48.1 Å². The molecule has 1 aliphatic rings. The fourth-order valence-corrected chi connectivity index (χ4v) is 7.16. The minimum Gasteiger partial charge on any atom is -1.00 e. The number of rotatable bonds is 4. The van der Waals surface area contributed by atoms with Crippen molar-refractivity contribution < 1.29 is 42.2 Å². The number of para-hydroxylation sites is 1. The Kier molecular flexibility index (Phi) is 9.48. The van der Waals surface area contributed by atoms with Crippen LogP contribution in [0, 0.1) is 6.08 Å². The summed E-state index contributed by atoms with van der Waals surface area (Å²) in [6.45, 7) is 2.94. The molecular formula is C22H21BrCl2CrNSi. The van der Waals surface area contributed by atoms with E-state index in [4.69, 9.17) is 0 Å². The summed E-state index contributed by atoms with van der Waals surface area (Å²) >= 11 is 4.15. The smallest absolute Gasteiger partial charge is 1.00 e. The predicted molar refractivity (Wildman–Crippen MR) is 112 cm³/mol. The van der Waals surface area contributed by atoms with E-state index in [0.29, 0.717) is 0 Å². The Morgan fingerprint density at radius 3 is 2.29 bits per heavy atom. The summed E-state index contributed by atoms with van der Waals surface area (Å²) in [5, 5.41) is 2.63. The fourth-order valence-electron chi connectivity index (χ4n) is 3.86. The molecule has 1 radical (unpaired) electrons. The van der Waals surface area contributed by atoms with E-state index in [2.05, 4.69) is 88.7 Å². The van der Waals surface area contributed by atoms with E-state index in [1.54, 1.807) is 0 Å². The van der Waals surface area contributed by atoms with E-state index in [1.807, 2.05) is 12.3 Å². The van der Waals surface area contributed by atoms with Gasteiger partial charge in [-0.25, -0.2) is 5.20 Å². The number of fused-ring (bicyclic) bond motifs is 2. The van der Waals surface area contributed by atoms with Gasteiger partial charge in [-0.3, -0.25) is 11.1 Å². The second-order valence-electron chi connectivity index (χ2n) is 6.63. The predicted octanol–water partition coefficient (Wildman–Crippen LogP) is 0.492. The van der Waals surface area contributed by atoms with Gasteiger partial charge in [0.1, 0.15) is 6.69 Å². The van der Waals surface area contributed by atoms with Crippen molar-refractivity contribution in [2.24, 2.45) is 0 Å². The molecule has 4 rings (SSSR count). The number of benzene rings is 2. The Bertz CT molecular complexity index is 970. The number of pyridine rings is 1. The summed E-state index contributed by atoms with van der Waals surface area (Å²) in [6, 6.07) is 21.8. The topological polar surface area (TPSA) is 12.9 Å². The Balaban J connectivity index is 0.00000131. The molecule has 1 aromatic heterocycles. The molecule has 2 aromatic carbocycles. The molecule has 28 heavy (non-hydrogen) atoms. The maximum atomic E-state index is 4.68. The molecule has 1 atom stereocenters. The van der Waals surface area contributed by atoms with Crippen LogP contribution in [-0.4, -0.2) is 11.7 Å². The van der Waals surface area contributed by atoms with Gasteiger partial charge in [-0.15, -0.1) is 26.9 Å². The molecule has 0 N–H and O–H groups in total. The Labute approximate surface area is 199 Å². The fraction of sp³-hybridized carbons (Fsp3) is 0.227. The standard InChI is InChI=1S/C22H21BrNSi.2ClH.Cr/c1-3-25(23,4-2)21-15-20(17-11-5-6-12-18(17)21)19-13-7-9-16-10-8-14-24-22(16)19;;;/h5-14,20H,3-4H2,1-2H3;2*1H;/q-1;;;+3/p-2. The number of nitrogens with zero attached hydrogens (tertiary/aromatic N) is 1. The monoisotopic (exact) mass is 528 g/mol. The van der Waals surface area contributed by atoms with Crippen LogP contribution in [0.3, 0.4) is 0 Å². The maximum Gasteiger partial charge on any atom is 3.00 e. The van der Waals surface area contributed by atoms with Crippen molar-refractivity contribution in [2.75, 3.05) is 0 Å². The molecule has 0 spiro atoms. The average molecular weight is 530 g/mol. The molecule has 1 aliphatic carbocycles. The first-order valence-corrected chi connectivity index (χ1v) is 13.6. The number of halogens is 3. The van der Waals surface area contributed by atoms with Gasteiger partial charge in [-0.05, 0) is 23.7 Å². The quantitative estimate of drug-likeness (QED) is 0.272. The second-order valence-corrected chi connectivity index (χ2v) is 15.0. The van der Waals surface area contributed by atoms with Crippen LogP contribution in [0.4, 0.5) is 0 Å². The zero-order chi connectivity index (χ0) is 17.4. The summed E-state index contributed by atoms with van der Waals surface area (Å²) < 4.78 is 0. The third-order valence-corrected chi connectivity index (χ3v) is 13.5. The molecule has 0 saturated carbocycles. The SMILES string of the molecule is CC[Si](Br)(CC)C1=[C-]C(c2cccc3cccnc23)c2ccccc21.[Cl-].[Cl-].[Cr+3]. The van der Waals surface area contributed by atoms with Crippen molar-refractivity contribution in [1.29, 1.82) is 0 Å². The van der Waals surface area contributed by atoms with E-state index in [9.17, 15) is 0 Å². The van der Waals surface area contributed by atoms with E-state index >= 15 is 0 Å². The molecule has 1 unspecified atom stereocenters. The van der Waals surface area contributed by atoms with Gasteiger partial charge in [0.2, 0.25) is 0 Å².